The zero-order valence-corrected chi connectivity index (χ0v) is 14.5. The van der Waals surface area contributed by atoms with Crippen molar-refractivity contribution < 1.29 is 9.21 Å². The van der Waals surface area contributed by atoms with Crippen LogP contribution in [0.1, 0.15) is 21.5 Å². The third-order valence-electron chi connectivity index (χ3n) is 4.51. The quantitative estimate of drug-likeness (QED) is 0.544. The predicted molar refractivity (Wildman–Crippen MR) is 104 cm³/mol. The van der Waals surface area contributed by atoms with Crippen molar-refractivity contribution in [1.29, 1.82) is 0 Å². The van der Waals surface area contributed by atoms with Crippen LogP contribution in [-0.2, 0) is 6.54 Å². The standard InChI is InChI=1S/C23H19NO2/c1-16-6-8-17(9-7-16)14-24-23(25)19-12-10-18(11-13-19)21-15-26-22-5-3-2-4-20(21)22/h2-13,15H,14H2,1H3,(H,24,25). The first-order valence-corrected chi connectivity index (χ1v) is 8.61. The average molecular weight is 341 g/mol. The van der Waals surface area contributed by atoms with Crippen LogP contribution in [0.2, 0.25) is 0 Å². The fourth-order valence-electron chi connectivity index (χ4n) is 2.99. The average Bonchev–Trinajstić information content (AvgIpc) is 3.11. The van der Waals surface area contributed by atoms with Crippen LogP contribution >= 0.6 is 0 Å². The Labute approximate surface area is 152 Å². The van der Waals surface area contributed by atoms with Crippen LogP contribution in [0.25, 0.3) is 22.1 Å². The molecule has 4 aromatic rings. The van der Waals surface area contributed by atoms with E-state index in [-0.39, 0.29) is 5.91 Å². The molecule has 128 valence electrons. The summed E-state index contributed by atoms with van der Waals surface area (Å²) < 4.78 is 5.60. The van der Waals surface area contributed by atoms with Gasteiger partial charge < -0.3 is 9.73 Å². The highest BCUT2D eigenvalue weighted by Gasteiger charge is 2.09. The molecule has 26 heavy (non-hydrogen) atoms. The number of carbonyl (C=O) groups excluding carboxylic acids is 1. The van der Waals surface area contributed by atoms with Crippen molar-refractivity contribution in [2.45, 2.75) is 13.5 Å². The first-order chi connectivity index (χ1) is 12.7. The van der Waals surface area contributed by atoms with Crippen molar-refractivity contribution in [3.8, 4) is 11.1 Å². The van der Waals surface area contributed by atoms with Crippen LogP contribution in [0.5, 0.6) is 0 Å². The van der Waals surface area contributed by atoms with E-state index in [0.29, 0.717) is 12.1 Å². The number of furan rings is 1. The van der Waals surface area contributed by atoms with Crippen LogP contribution in [0.15, 0.2) is 83.5 Å². The molecule has 0 radical (unpaired) electrons. The zero-order chi connectivity index (χ0) is 17.9. The Hall–Kier alpha value is -3.33. The fourth-order valence-corrected chi connectivity index (χ4v) is 2.99. The Morgan fingerprint density at radius 2 is 1.65 bits per heavy atom. The van der Waals surface area contributed by atoms with Gasteiger partial charge in [-0.15, -0.1) is 0 Å². The van der Waals surface area contributed by atoms with Crippen molar-refractivity contribution in [3.63, 3.8) is 0 Å². The lowest BCUT2D eigenvalue weighted by atomic mass is 10.0. The summed E-state index contributed by atoms with van der Waals surface area (Å²) in [6.07, 6.45) is 1.76. The van der Waals surface area contributed by atoms with E-state index in [4.69, 9.17) is 4.42 Å². The van der Waals surface area contributed by atoms with E-state index in [1.807, 2.05) is 79.7 Å². The molecule has 0 saturated heterocycles. The van der Waals surface area contributed by atoms with Gasteiger partial charge in [0.1, 0.15) is 5.58 Å². The van der Waals surface area contributed by atoms with Crippen molar-refractivity contribution in [3.05, 3.63) is 95.7 Å². The summed E-state index contributed by atoms with van der Waals surface area (Å²) in [6.45, 7) is 2.57. The van der Waals surface area contributed by atoms with Crippen molar-refractivity contribution >= 4 is 16.9 Å². The summed E-state index contributed by atoms with van der Waals surface area (Å²) in [5.41, 5.74) is 5.88. The molecule has 0 aliphatic heterocycles. The Bertz CT molecular complexity index is 1040. The van der Waals surface area contributed by atoms with Gasteiger partial charge in [0.15, 0.2) is 0 Å². The number of hydrogen-bond acceptors (Lipinski definition) is 2. The molecule has 1 aromatic heterocycles. The molecule has 0 bridgehead atoms. The van der Waals surface area contributed by atoms with Crippen molar-refractivity contribution in [2.75, 3.05) is 0 Å². The van der Waals surface area contributed by atoms with Gasteiger partial charge in [0.25, 0.3) is 5.91 Å². The molecule has 3 aromatic carbocycles. The number of amides is 1. The largest absolute Gasteiger partial charge is 0.464 e. The maximum atomic E-state index is 12.4. The molecule has 4 rings (SSSR count). The van der Waals surface area contributed by atoms with Gasteiger partial charge in [0.05, 0.1) is 6.26 Å². The van der Waals surface area contributed by atoms with Crippen molar-refractivity contribution in [2.24, 2.45) is 0 Å². The molecule has 1 heterocycles. The monoisotopic (exact) mass is 341 g/mol. The van der Waals surface area contributed by atoms with Crippen LogP contribution in [-0.4, -0.2) is 5.91 Å². The maximum absolute atomic E-state index is 12.4. The summed E-state index contributed by atoms with van der Waals surface area (Å²) in [6, 6.07) is 23.7. The first-order valence-electron chi connectivity index (χ1n) is 8.61. The highest BCUT2D eigenvalue weighted by Crippen LogP contribution is 2.30. The smallest absolute Gasteiger partial charge is 0.251 e. The van der Waals surface area contributed by atoms with Crippen molar-refractivity contribution in [1.82, 2.24) is 5.32 Å². The highest BCUT2D eigenvalue weighted by molar-refractivity contribution is 5.97. The van der Waals surface area contributed by atoms with E-state index in [2.05, 4.69) is 5.32 Å². The van der Waals surface area contributed by atoms with Gasteiger partial charge in [-0.25, -0.2) is 0 Å². The summed E-state index contributed by atoms with van der Waals surface area (Å²) in [7, 11) is 0. The minimum absolute atomic E-state index is 0.0748. The minimum Gasteiger partial charge on any atom is -0.464 e. The lowest BCUT2D eigenvalue weighted by Gasteiger charge is -2.07. The molecule has 0 aliphatic carbocycles. The number of nitrogens with one attached hydrogen (secondary N) is 1. The number of fused-ring (bicyclic) bond motifs is 1. The van der Waals surface area contributed by atoms with Crippen LogP contribution in [0.3, 0.4) is 0 Å². The SMILES string of the molecule is Cc1ccc(CNC(=O)c2ccc(-c3coc4ccccc34)cc2)cc1. The second-order valence-corrected chi connectivity index (χ2v) is 6.39. The summed E-state index contributed by atoms with van der Waals surface area (Å²) in [5, 5.41) is 4.03. The van der Waals surface area contributed by atoms with E-state index in [0.717, 1.165) is 27.7 Å². The second kappa shape index (κ2) is 6.89. The molecule has 3 nitrogen and oxygen atoms in total. The number of aryl methyl sites for hydroxylation is 1. The molecule has 3 heteroatoms. The Morgan fingerprint density at radius 1 is 0.923 bits per heavy atom. The topological polar surface area (TPSA) is 42.2 Å². The lowest BCUT2D eigenvalue weighted by Crippen LogP contribution is -2.22. The molecular formula is C23H19NO2. The van der Waals surface area contributed by atoms with Gasteiger partial charge in [-0.2, -0.15) is 0 Å². The van der Waals surface area contributed by atoms with Gasteiger partial charge >= 0.3 is 0 Å². The van der Waals surface area contributed by atoms with Gasteiger partial charge in [0.2, 0.25) is 0 Å². The third-order valence-corrected chi connectivity index (χ3v) is 4.51. The molecule has 1 N–H and O–H groups in total. The number of rotatable bonds is 4. The lowest BCUT2D eigenvalue weighted by molar-refractivity contribution is 0.0951. The minimum atomic E-state index is -0.0748. The van der Waals surface area contributed by atoms with Gasteiger partial charge in [-0.05, 0) is 36.2 Å². The van der Waals surface area contributed by atoms with Gasteiger partial charge in [0, 0.05) is 23.1 Å². The van der Waals surface area contributed by atoms with Gasteiger partial charge in [-0.3, -0.25) is 4.79 Å². The van der Waals surface area contributed by atoms with E-state index in [1.165, 1.54) is 5.56 Å². The summed E-state index contributed by atoms with van der Waals surface area (Å²) in [4.78, 5) is 12.4. The molecule has 1 amide bonds. The number of benzene rings is 3. The Kier molecular flexibility index (Phi) is 4.28. The molecule has 0 aliphatic rings. The molecule has 0 spiro atoms. The van der Waals surface area contributed by atoms with E-state index >= 15 is 0 Å². The molecule has 0 fully saturated rings. The van der Waals surface area contributed by atoms with E-state index in [1.54, 1.807) is 6.26 Å². The van der Waals surface area contributed by atoms with Crippen LogP contribution in [0.4, 0.5) is 0 Å². The summed E-state index contributed by atoms with van der Waals surface area (Å²) in [5.74, 6) is -0.0748. The van der Waals surface area contributed by atoms with Gasteiger partial charge in [-0.1, -0.05) is 60.2 Å². The van der Waals surface area contributed by atoms with E-state index in [9.17, 15) is 4.79 Å². The molecule has 0 unspecified atom stereocenters. The number of para-hydroxylation sites is 1. The fraction of sp³-hybridized carbons (Fsp3) is 0.0870. The predicted octanol–water partition coefficient (Wildman–Crippen LogP) is 5.34. The van der Waals surface area contributed by atoms with E-state index < -0.39 is 0 Å². The highest BCUT2D eigenvalue weighted by atomic mass is 16.3. The Morgan fingerprint density at radius 3 is 2.42 bits per heavy atom. The zero-order valence-electron chi connectivity index (χ0n) is 14.5. The molecule has 0 saturated carbocycles. The first kappa shape index (κ1) is 16.2. The molecular weight excluding hydrogens is 322 g/mol. The second-order valence-electron chi connectivity index (χ2n) is 6.39. The normalized spacial score (nSPS) is 10.8. The third kappa shape index (κ3) is 3.24. The molecule has 0 atom stereocenters. The summed E-state index contributed by atoms with van der Waals surface area (Å²) >= 11 is 0. The van der Waals surface area contributed by atoms with Crippen LogP contribution in [0, 0.1) is 6.92 Å². The Balaban J connectivity index is 1.48. The number of carbonyl (C=O) groups is 1. The maximum Gasteiger partial charge on any atom is 0.251 e. The number of hydrogen-bond donors (Lipinski definition) is 1. The van der Waals surface area contributed by atoms with Crippen LogP contribution < -0.4 is 5.32 Å².